The van der Waals surface area contributed by atoms with Crippen LogP contribution in [0.15, 0.2) is 71.1 Å². The highest BCUT2D eigenvalue weighted by Gasteiger charge is 2.21. The number of fused-ring (bicyclic) bond motifs is 1. The molecule has 1 aliphatic heterocycles. The number of anilines is 3. The molecule has 0 radical (unpaired) electrons. The van der Waals surface area contributed by atoms with Crippen LogP contribution in [-0.4, -0.2) is 48.1 Å². The van der Waals surface area contributed by atoms with Crippen LogP contribution in [0.25, 0.3) is 33.6 Å². The predicted octanol–water partition coefficient (Wildman–Crippen LogP) is 6.76. The maximum absolute atomic E-state index is 15.3. The smallest absolute Gasteiger partial charge is 0.323 e. The highest BCUT2D eigenvalue weighted by Crippen LogP contribution is 2.34. The first-order valence-corrected chi connectivity index (χ1v) is 14.1. The number of rotatable bonds is 7. The third kappa shape index (κ3) is 6.28. The van der Waals surface area contributed by atoms with Gasteiger partial charge in [0.25, 0.3) is 0 Å². The number of urea groups is 1. The fourth-order valence-corrected chi connectivity index (χ4v) is 5.08. The molecule has 0 unspecified atom stereocenters. The number of nitrogens with one attached hydrogen (secondary N) is 2. The highest BCUT2D eigenvalue weighted by atomic mass is 19.1. The van der Waals surface area contributed by atoms with Gasteiger partial charge in [0.1, 0.15) is 34.8 Å². The minimum Gasteiger partial charge on any atom is -0.461 e. The number of carbonyl (C=O) groups excluding carboxylic acids is 2. The molecule has 1 saturated heterocycles. The first-order valence-electron chi connectivity index (χ1n) is 14.1. The number of benzene rings is 3. The number of amides is 2. The van der Waals surface area contributed by atoms with Crippen LogP contribution in [0.4, 0.5) is 30.8 Å². The molecule has 0 aliphatic carbocycles. The van der Waals surface area contributed by atoms with Gasteiger partial charge in [-0.3, -0.25) is 4.79 Å². The monoisotopic (exact) mass is 597 g/mol. The van der Waals surface area contributed by atoms with E-state index in [9.17, 15) is 14.0 Å². The van der Waals surface area contributed by atoms with Crippen LogP contribution in [0.5, 0.6) is 0 Å². The van der Waals surface area contributed by atoms with Crippen molar-refractivity contribution in [3.05, 3.63) is 89.7 Å². The Kier molecular flexibility index (Phi) is 8.03. The van der Waals surface area contributed by atoms with Gasteiger partial charge in [0.15, 0.2) is 5.82 Å². The Morgan fingerprint density at radius 1 is 0.886 bits per heavy atom. The van der Waals surface area contributed by atoms with Crippen molar-refractivity contribution in [2.45, 2.75) is 20.3 Å². The minimum atomic E-state index is -0.566. The van der Waals surface area contributed by atoms with E-state index in [0.29, 0.717) is 77.2 Å². The Labute approximate surface area is 251 Å². The quantitative estimate of drug-likeness (QED) is 0.213. The molecule has 2 amide bonds. The van der Waals surface area contributed by atoms with Gasteiger partial charge in [0.05, 0.1) is 24.3 Å². The van der Waals surface area contributed by atoms with Gasteiger partial charge in [0, 0.05) is 41.8 Å². The molecule has 3 heterocycles. The van der Waals surface area contributed by atoms with Gasteiger partial charge in [-0.2, -0.15) is 0 Å². The molecule has 0 saturated carbocycles. The van der Waals surface area contributed by atoms with Crippen molar-refractivity contribution < 1.29 is 27.5 Å². The predicted molar refractivity (Wildman–Crippen MR) is 164 cm³/mol. The maximum Gasteiger partial charge on any atom is 0.323 e. The number of Topliss-reactive ketones (excluding diaryl/α,β-unsaturated/α-hetero) is 1. The molecule has 2 N–H and O–H groups in total. The van der Waals surface area contributed by atoms with Crippen LogP contribution in [-0.2, 0) is 16.0 Å². The summed E-state index contributed by atoms with van der Waals surface area (Å²) >= 11 is 0. The van der Waals surface area contributed by atoms with E-state index in [1.165, 1.54) is 31.2 Å². The number of carbonyl (C=O) groups is 2. The zero-order chi connectivity index (χ0) is 30.8. The number of morpholine rings is 1. The molecule has 44 heavy (non-hydrogen) atoms. The molecule has 9 nitrogen and oxygen atoms in total. The van der Waals surface area contributed by atoms with Crippen LogP contribution < -0.4 is 15.5 Å². The van der Waals surface area contributed by atoms with E-state index in [1.807, 2.05) is 0 Å². The summed E-state index contributed by atoms with van der Waals surface area (Å²) in [4.78, 5) is 35.5. The fourth-order valence-electron chi connectivity index (χ4n) is 5.08. The van der Waals surface area contributed by atoms with Crippen molar-refractivity contribution in [1.82, 2.24) is 9.97 Å². The molecule has 2 aromatic heterocycles. The van der Waals surface area contributed by atoms with Crippen molar-refractivity contribution in [2.24, 2.45) is 0 Å². The molecule has 0 spiro atoms. The van der Waals surface area contributed by atoms with Crippen molar-refractivity contribution in [3.63, 3.8) is 0 Å². The normalized spacial score (nSPS) is 13.2. The first-order chi connectivity index (χ1) is 21.2. The summed E-state index contributed by atoms with van der Waals surface area (Å²) in [5.41, 5.74) is 2.57. The number of hydrogen-bond donors (Lipinski definition) is 2. The number of ketones is 1. The average molecular weight is 598 g/mol. The number of ether oxygens (including phenoxy) is 1. The fraction of sp³-hybridized carbons (Fsp3) is 0.212. The first kappa shape index (κ1) is 28.9. The summed E-state index contributed by atoms with van der Waals surface area (Å²) < 4.78 is 40.8. The van der Waals surface area contributed by atoms with E-state index in [0.717, 1.165) is 0 Å². The summed E-state index contributed by atoms with van der Waals surface area (Å²) in [6.45, 7) is 5.46. The van der Waals surface area contributed by atoms with Gasteiger partial charge < -0.3 is 24.7 Å². The topological polar surface area (TPSA) is 110 Å². The lowest BCUT2D eigenvalue weighted by atomic mass is 10.1. The van der Waals surface area contributed by atoms with Crippen LogP contribution in [0.1, 0.15) is 18.2 Å². The molecular weight excluding hydrogens is 568 g/mol. The molecule has 0 bridgehead atoms. The summed E-state index contributed by atoms with van der Waals surface area (Å²) in [5, 5.41) is 5.90. The minimum absolute atomic E-state index is 0.0126. The van der Waals surface area contributed by atoms with E-state index in [4.69, 9.17) is 19.1 Å². The lowest BCUT2D eigenvalue weighted by molar-refractivity contribution is -0.116. The lowest BCUT2D eigenvalue weighted by Crippen LogP contribution is -2.37. The van der Waals surface area contributed by atoms with Crippen molar-refractivity contribution >= 4 is 39.9 Å². The third-order valence-electron chi connectivity index (χ3n) is 7.23. The summed E-state index contributed by atoms with van der Waals surface area (Å²) in [7, 11) is 0. The molecule has 224 valence electrons. The van der Waals surface area contributed by atoms with E-state index < -0.39 is 17.7 Å². The van der Waals surface area contributed by atoms with E-state index in [2.05, 4.69) is 15.5 Å². The van der Waals surface area contributed by atoms with Crippen molar-refractivity contribution in [2.75, 3.05) is 41.8 Å². The highest BCUT2D eigenvalue weighted by molar-refractivity contribution is 6.00. The number of halogens is 2. The van der Waals surface area contributed by atoms with Gasteiger partial charge in [-0.05, 0) is 80.1 Å². The third-order valence-corrected chi connectivity index (χ3v) is 7.23. The number of aryl methyl sites for hydroxylation is 1. The molecule has 1 aliphatic rings. The lowest BCUT2D eigenvalue weighted by Gasteiger charge is -2.29. The van der Waals surface area contributed by atoms with Gasteiger partial charge in [-0.1, -0.05) is 6.07 Å². The second kappa shape index (κ2) is 12.2. The summed E-state index contributed by atoms with van der Waals surface area (Å²) in [6, 6.07) is 17.2. The molecular formula is C33H29F2N5O4. The van der Waals surface area contributed by atoms with Gasteiger partial charge in [-0.15, -0.1) is 0 Å². The largest absolute Gasteiger partial charge is 0.461 e. The zero-order valence-electron chi connectivity index (χ0n) is 24.1. The second-order valence-electron chi connectivity index (χ2n) is 10.6. The number of nitrogens with zero attached hydrogens (tertiary/aromatic N) is 3. The van der Waals surface area contributed by atoms with Gasteiger partial charge >= 0.3 is 6.03 Å². The van der Waals surface area contributed by atoms with E-state index in [1.54, 1.807) is 49.4 Å². The van der Waals surface area contributed by atoms with Gasteiger partial charge in [-0.25, -0.2) is 23.5 Å². The van der Waals surface area contributed by atoms with Crippen molar-refractivity contribution in [3.8, 4) is 22.7 Å². The van der Waals surface area contributed by atoms with Crippen LogP contribution in [0.3, 0.4) is 0 Å². The average Bonchev–Trinajstić information content (AvgIpc) is 3.44. The molecule has 0 atom stereocenters. The Bertz CT molecular complexity index is 1870. The summed E-state index contributed by atoms with van der Waals surface area (Å²) in [5.74, 6) is 0.985. The number of aromatic nitrogens is 2. The number of hydrogen-bond acceptors (Lipinski definition) is 7. The molecule has 5 aromatic rings. The standard InChI is InChI=1S/C33H29F2N5O4/c1-19(41)15-22-6-9-24(16-27(22)34)37-33(42)36-23-7-4-21(5-8-23)31-38-29-18-25(30-10-3-20(2)44-30)28(35)17-26(29)32(39-31)40-11-13-43-14-12-40/h3-10,16-18H,11-15H2,1-2H3,(H2,36,37,42). The molecule has 11 heteroatoms. The Morgan fingerprint density at radius 3 is 2.30 bits per heavy atom. The summed E-state index contributed by atoms with van der Waals surface area (Å²) in [6.07, 6.45) is -0.0126. The number of furan rings is 1. The van der Waals surface area contributed by atoms with Gasteiger partial charge in [0.2, 0.25) is 0 Å². The van der Waals surface area contributed by atoms with Crippen LogP contribution >= 0.6 is 0 Å². The SMILES string of the molecule is CC(=O)Cc1ccc(NC(=O)Nc2ccc(-c3nc(N4CCOCC4)c4cc(F)c(-c5ccc(C)o5)cc4n3)cc2)cc1F. The van der Waals surface area contributed by atoms with Crippen LogP contribution in [0, 0.1) is 18.6 Å². The van der Waals surface area contributed by atoms with E-state index in [-0.39, 0.29) is 23.5 Å². The van der Waals surface area contributed by atoms with E-state index >= 15 is 4.39 Å². The van der Waals surface area contributed by atoms with Crippen molar-refractivity contribution in [1.29, 1.82) is 0 Å². The molecule has 6 rings (SSSR count). The molecule has 1 fully saturated rings. The Morgan fingerprint density at radius 2 is 1.61 bits per heavy atom. The van der Waals surface area contributed by atoms with Crippen LogP contribution in [0.2, 0.25) is 0 Å². The maximum atomic E-state index is 15.3. The second-order valence-corrected chi connectivity index (χ2v) is 10.6. The Balaban J connectivity index is 1.26. The Hall–Kier alpha value is -5.16. The molecule has 3 aromatic carbocycles. The zero-order valence-corrected chi connectivity index (χ0v) is 24.1.